The van der Waals surface area contributed by atoms with Crippen LogP contribution in [0.15, 0.2) is 41.3 Å². The highest BCUT2D eigenvalue weighted by molar-refractivity contribution is 7.98. The number of rotatable bonds is 8. The lowest BCUT2D eigenvalue weighted by Crippen LogP contribution is -2.43. The molecule has 0 aliphatic carbocycles. The molecule has 0 N–H and O–H groups in total. The zero-order valence-corrected chi connectivity index (χ0v) is 20.1. The van der Waals surface area contributed by atoms with Crippen molar-refractivity contribution in [2.75, 3.05) is 64.8 Å². The third-order valence-corrected chi connectivity index (χ3v) is 7.20. The van der Waals surface area contributed by atoms with Crippen molar-refractivity contribution in [1.82, 2.24) is 9.88 Å². The minimum absolute atomic E-state index is 0.154. The van der Waals surface area contributed by atoms with Gasteiger partial charge in [-0.25, -0.2) is 4.98 Å². The highest BCUT2D eigenvalue weighted by Crippen LogP contribution is 2.35. The number of carbonyl (C=O) groups is 1. The van der Waals surface area contributed by atoms with E-state index in [1.165, 1.54) is 16.2 Å². The summed E-state index contributed by atoms with van der Waals surface area (Å²) in [5, 5.41) is 0.682. The monoisotopic (exact) mass is 473 g/mol. The van der Waals surface area contributed by atoms with Gasteiger partial charge in [-0.15, -0.1) is 11.8 Å². The summed E-state index contributed by atoms with van der Waals surface area (Å²) in [6.07, 6.45) is 2.05. The molecule has 0 atom stereocenters. The Morgan fingerprint density at radius 2 is 2.03 bits per heavy atom. The summed E-state index contributed by atoms with van der Waals surface area (Å²) in [5.41, 5.74) is 1.35. The Hall–Kier alpha value is -2.33. The van der Waals surface area contributed by atoms with Crippen LogP contribution in [-0.4, -0.2) is 75.7 Å². The van der Waals surface area contributed by atoms with Crippen LogP contribution in [0.3, 0.4) is 0 Å². The minimum atomic E-state index is -0.154. The Balaban J connectivity index is 1.69. The van der Waals surface area contributed by atoms with E-state index >= 15 is 0 Å². The van der Waals surface area contributed by atoms with Crippen LogP contribution in [0, 0.1) is 0 Å². The summed E-state index contributed by atoms with van der Waals surface area (Å²) in [6, 6.07) is 11.6. The number of methoxy groups -OCH3 is 2. The quantitative estimate of drug-likeness (QED) is 0.458. The third kappa shape index (κ3) is 4.85. The lowest BCUT2D eigenvalue weighted by molar-refractivity contribution is 0.0391. The number of para-hydroxylation sites is 1. The predicted molar refractivity (Wildman–Crippen MR) is 130 cm³/mol. The van der Waals surface area contributed by atoms with Crippen LogP contribution in [0.5, 0.6) is 11.5 Å². The fourth-order valence-electron chi connectivity index (χ4n) is 3.69. The van der Waals surface area contributed by atoms with Crippen molar-refractivity contribution in [1.29, 1.82) is 0 Å². The molecule has 9 heteroatoms. The molecule has 0 unspecified atom stereocenters. The first-order valence-electron chi connectivity index (χ1n) is 10.4. The Morgan fingerprint density at radius 1 is 1.22 bits per heavy atom. The maximum Gasteiger partial charge on any atom is 0.264 e. The summed E-state index contributed by atoms with van der Waals surface area (Å²) in [7, 11) is 3.12. The third-order valence-electron chi connectivity index (χ3n) is 5.44. The molecule has 0 spiro atoms. The molecular weight excluding hydrogens is 446 g/mol. The highest BCUT2D eigenvalue weighted by Gasteiger charge is 2.26. The van der Waals surface area contributed by atoms with Crippen molar-refractivity contribution in [2.24, 2.45) is 0 Å². The molecule has 3 aromatic rings. The van der Waals surface area contributed by atoms with Gasteiger partial charge in [-0.3, -0.25) is 14.6 Å². The van der Waals surface area contributed by atoms with Crippen LogP contribution >= 0.6 is 23.1 Å². The molecule has 0 saturated carbocycles. The van der Waals surface area contributed by atoms with Gasteiger partial charge in [0.1, 0.15) is 0 Å². The number of hydrogen-bond acceptors (Lipinski definition) is 8. The Bertz CT molecular complexity index is 1080. The minimum Gasteiger partial charge on any atom is -0.493 e. The highest BCUT2D eigenvalue weighted by atomic mass is 32.2. The summed E-state index contributed by atoms with van der Waals surface area (Å²) in [4.78, 5) is 23.8. The molecular formula is C23H27N3O4S2. The largest absolute Gasteiger partial charge is 0.493 e. The molecule has 4 rings (SSSR count). The van der Waals surface area contributed by atoms with Crippen LogP contribution in [-0.2, 0) is 4.74 Å². The molecule has 1 aliphatic rings. The van der Waals surface area contributed by atoms with Gasteiger partial charge in [0.25, 0.3) is 5.91 Å². The second-order valence-corrected chi connectivity index (χ2v) is 9.17. The predicted octanol–water partition coefficient (Wildman–Crippen LogP) is 4.01. The van der Waals surface area contributed by atoms with Crippen molar-refractivity contribution in [3.05, 3.63) is 42.0 Å². The van der Waals surface area contributed by atoms with Gasteiger partial charge in [0.15, 0.2) is 16.6 Å². The number of thiazole rings is 1. The van der Waals surface area contributed by atoms with E-state index in [1.807, 2.05) is 6.07 Å². The number of thioether (sulfide) groups is 1. The zero-order valence-electron chi connectivity index (χ0n) is 18.5. The molecule has 1 aromatic heterocycles. The van der Waals surface area contributed by atoms with Gasteiger partial charge in [-0.1, -0.05) is 17.4 Å². The first kappa shape index (κ1) is 22.8. The number of fused-ring (bicyclic) bond motifs is 1. The van der Waals surface area contributed by atoms with Crippen LogP contribution in [0.2, 0.25) is 0 Å². The van der Waals surface area contributed by atoms with E-state index in [1.54, 1.807) is 49.1 Å². The number of anilines is 1. The van der Waals surface area contributed by atoms with Crippen molar-refractivity contribution >= 4 is 44.4 Å². The number of nitrogens with zero attached hydrogens (tertiary/aromatic N) is 3. The lowest BCUT2D eigenvalue weighted by Gasteiger charge is -2.29. The molecule has 0 radical (unpaired) electrons. The van der Waals surface area contributed by atoms with Gasteiger partial charge in [0.05, 0.1) is 43.2 Å². The van der Waals surface area contributed by atoms with Gasteiger partial charge >= 0.3 is 0 Å². The van der Waals surface area contributed by atoms with E-state index in [0.717, 1.165) is 43.1 Å². The molecule has 170 valence electrons. The van der Waals surface area contributed by atoms with Crippen LogP contribution in [0.4, 0.5) is 5.13 Å². The van der Waals surface area contributed by atoms with Crippen molar-refractivity contribution in [3.63, 3.8) is 0 Å². The molecule has 1 fully saturated rings. The number of aromatic nitrogens is 1. The lowest BCUT2D eigenvalue weighted by atomic mass is 10.1. The molecule has 2 heterocycles. The SMILES string of the molecule is COc1cccc(C(=O)N(CCN2CCOCC2)c2nc3ccc(SC)cc3s2)c1OC. The summed E-state index contributed by atoms with van der Waals surface area (Å²) < 4.78 is 17.5. The maximum atomic E-state index is 13.8. The number of hydrogen-bond donors (Lipinski definition) is 0. The number of amides is 1. The second-order valence-electron chi connectivity index (χ2n) is 7.28. The van der Waals surface area contributed by atoms with Crippen LogP contribution < -0.4 is 14.4 Å². The van der Waals surface area contributed by atoms with Crippen LogP contribution in [0.25, 0.3) is 10.2 Å². The van der Waals surface area contributed by atoms with E-state index in [9.17, 15) is 4.79 Å². The van der Waals surface area contributed by atoms with E-state index in [2.05, 4.69) is 23.3 Å². The van der Waals surface area contributed by atoms with E-state index in [-0.39, 0.29) is 5.91 Å². The Morgan fingerprint density at radius 3 is 2.75 bits per heavy atom. The maximum absolute atomic E-state index is 13.8. The molecule has 7 nitrogen and oxygen atoms in total. The van der Waals surface area contributed by atoms with E-state index < -0.39 is 0 Å². The molecule has 1 aliphatic heterocycles. The fraction of sp³-hybridized carbons (Fsp3) is 0.391. The first-order valence-corrected chi connectivity index (χ1v) is 12.5. The number of benzene rings is 2. The standard InChI is InChI=1S/C23H27N3O4S2/c1-28-19-6-4-5-17(21(19)29-2)22(27)26(10-9-25-11-13-30-14-12-25)23-24-18-8-7-16(31-3)15-20(18)32-23/h4-8,15H,9-14H2,1-3H3. The van der Waals surface area contributed by atoms with Gasteiger partial charge in [-0.05, 0) is 36.6 Å². The second kappa shape index (κ2) is 10.5. The Labute approximate surface area is 196 Å². The fourth-order valence-corrected chi connectivity index (χ4v) is 5.23. The van der Waals surface area contributed by atoms with Crippen molar-refractivity contribution in [3.8, 4) is 11.5 Å². The van der Waals surface area contributed by atoms with Gasteiger partial charge in [0.2, 0.25) is 0 Å². The Kier molecular flexibility index (Phi) is 7.51. The number of morpholine rings is 1. The number of carbonyl (C=O) groups excluding carboxylic acids is 1. The molecule has 32 heavy (non-hydrogen) atoms. The molecule has 1 saturated heterocycles. The van der Waals surface area contributed by atoms with Gasteiger partial charge < -0.3 is 14.2 Å². The topological polar surface area (TPSA) is 64.1 Å². The normalized spacial score (nSPS) is 14.5. The molecule has 2 aromatic carbocycles. The molecule has 1 amide bonds. The zero-order chi connectivity index (χ0) is 22.5. The van der Waals surface area contributed by atoms with Gasteiger partial charge in [0, 0.05) is 31.1 Å². The summed E-state index contributed by atoms with van der Waals surface area (Å²) >= 11 is 3.23. The van der Waals surface area contributed by atoms with Crippen molar-refractivity contribution < 1.29 is 19.0 Å². The average molecular weight is 474 g/mol. The average Bonchev–Trinajstić information content (AvgIpc) is 3.26. The summed E-state index contributed by atoms with van der Waals surface area (Å²) in [6.45, 7) is 4.43. The van der Waals surface area contributed by atoms with E-state index in [0.29, 0.717) is 28.7 Å². The van der Waals surface area contributed by atoms with Crippen molar-refractivity contribution in [2.45, 2.75) is 4.90 Å². The van der Waals surface area contributed by atoms with E-state index in [4.69, 9.17) is 19.2 Å². The number of ether oxygens (including phenoxy) is 3. The van der Waals surface area contributed by atoms with Crippen LogP contribution in [0.1, 0.15) is 10.4 Å². The molecule has 0 bridgehead atoms. The first-order chi connectivity index (χ1) is 15.6. The van der Waals surface area contributed by atoms with Gasteiger partial charge in [-0.2, -0.15) is 0 Å². The smallest absolute Gasteiger partial charge is 0.264 e. The summed E-state index contributed by atoms with van der Waals surface area (Å²) in [5.74, 6) is 0.806.